The van der Waals surface area contributed by atoms with Crippen LogP contribution in [0.5, 0.6) is 0 Å². The third-order valence-electron chi connectivity index (χ3n) is 5.13. The van der Waals surface area contributed by atoms with Crippen LogP contribution < -0.4 is 5.73 Å². The number of likely N-dealkylation sites (N-methyl/N-ethyl adjacent to an activating group) is 1. The van der Waals surface area contributed by atoms with E-state index in [9.17, 15) is 13.2 Å². The molecule has 1 aromatic carbocycles. The van der Waals surface area contributed by atoms with Crippen LogP contribution in [-0.4, -0.2) is 92.1 Å². The number of halogens is 1. The van der Waals surface area contributed by atoms with Gasteiger partial charge in [0.2, 0.25) is 0 Å². The quantitative estimate of drug-likeness (QED) is 0.712. The molecule has 0 radical (unpaired) electrons. The van der Waals surface area contributed by atoms with Gasteiger partial charge < -0.3 is 15.5 Å². The maximum Gasteiger partial charge on any atom is 0.282 e. The molecule has 0 aliphatic carbocycles. The minimum Gasteiger partial charge on any atom is -0.399 e. The first kappa shape index (κ1) is 21.9. The molecule has 2 heterocycles. The maximum atomic E-state index is 12.8. The Morgan fingerprint density at radius 1 is 0.963 bits per heavy atom. The van der Waals surface area contributed by atoms with E-state index in [0.717, 1.165) is 18.7 Å². The number of nitrogen functional groups attached to an aromatic ring is 1. The van der Waals surface area contributed by atoms with Crippen LogP contribution in [0.3, 0.4) is 0 Å². The number of amides is 1. The highest BCUT2D eigenvalue weighted by Crippen LogP contribution is 2.18. The second kappa shape index (κ2) is 8.74. The predicted octanol–water partition coefficient (Wildman–Crippen LogP) is 0.249. The summed E-state index contributed by atoms with van der Waals surface area (Å²) >= 11 is 0. The van der Waals surface area contributed by atoms with Crippen molar-refractivity contribution in [3.63, 3.8) is 0 Å². The molecule has 2 saturated heterocycles. The second-order valence-electron chi connectivity index (χ2n) is 6.98. The van der Waals surface area contributed by atoms with Crippen LogP contribution in [0.15, 0.2) is 18.2 Å². The Balaban J connectivity index is 0.00000261. The fourth-order valence-corrected chi connectivity index (χ4v) is 4.92. The molecular weight excluding hydrogens is 390 g/mol. The third kappa shape index (κ3) is 4.72. The van der Waals surface area contributed by atoms with E-state index in [2.05, 4.69) is 4.90 Å². The second-order valence-corrected chi connectivity index (χ2v) is 8.90. The number of anilines is 1. The van der Waals surface area contributed by atoms with E-state index in [1.807, 2.05) is 20.0 Å². The Kier molecular flexibility index (Phi) is 7.09. The normalized spacial score (nSPS) is 20.3. The molecule has 1 amide bonds. The lowest BCUT2D eigenvalue weighted by Gasteiger charge is -2.39. The average Bonchev–Trinajstić information content (AvgIpc) is 2.63. The smallest absolute Gasteiger partial charge is 0.282 e. The molecule has 8 nitrogen and oxygen atoms in total. The SMILES string of the molecule is Cc1ccc(N)cc1C(=O)N1CCN(S(=O)(=O)N2CCN(C)CC2)CC1.Cl. The fourth-order valence-electron chi connectivity index (χ4n) is 3.34. The predicted molar refractivity (Wildman–Crippen MR) is 108 cm³/mol. The fraction of sp³-hybridized carbons (Fsp3) is 0.588. The summed E-state index contributed by atoms with van der Waals surface area (Å²) in [5.74, 6) is -0.0913. The highest BCUT2D eigenvalue weighted by molar-refractivity contribution is 7.86. The summed E-state index contributed by atoms with van der Waals surface area (Å²) < 4.78 is 28.7. The van der Waals surface area contributed by atoms with E-state index in [4.69, 9.17) is 5.73 Å². The number of hydrogen-bond acceptors (Lipinski definition) is 5. The number of hydrogen-bond donors (Lipinski definition) is 1. The number of rotatable bonds is 3. The minimum atomic E-state index is -3.46. The Bertz CT molecular complexity index is 773. The van der Waals surface area contributed by atoms with Crippen LogP contribution in [-0.2, 0) is 10.2 Å². The topological polar surface area (TPSA) is 90.2 Å². The lowest BCUT2D eigenvalue weighted by molar-refractivity contribution is 0.0691. The molecule has 2 aliphatic rings. The highest BCUT2D eigenvalue weighted by atomic mass is 35.5. The lowest BCUT2D eigenvalue weighted by Crippen LogP contribution is -2.57. The third-order valence-corrected chi connectivity index (χ3v) is 7.17. The van der Waals surface area contributed by atoms with Gasteiger partial charge in [-0.15, -0.1) is 12.4 Å². The van der Waals surface area contributed by atoms with E-state index >= 15 is 0 Å². The van der Waals surface area contributed by atoms with E-state index in [-0.39, 0.29) is 18.3 Å². The molecule has 2 fully saturated rings. The Morgan fingerprint density at radius 2 is 1.48 bits per heavy atom. The molecule has 0 atom stereocenters. The molecule has 0 unspecified atom stereocenters. The first-order valence-corrected chi connectivity index (χ1v) is 10.3. The molecule has 0 saturated carbocycles. The largest absolute Gasteiger partial charge is 0.399 e. The molecule has 152 valence electrons. The van der Waals surface area contributed by atoms with Gasteiger partial charge in [-0.3, -0.25) is 4.79 Å². The van der Waals surface area contributed by atoms with Crippen LogP contribution in [0, 0.1) is 6.92 Å². The van der Waals surface area contributed by atoms with Crippen molar-refractivity contribution >= 4 is 34.2 Å². The van der Waals surface area contributed by atoms with E-state index in [1.165, 1.54) is 4.31 Å². The van der Waals surface area contributed by atoms with Crippen molar-refractivity contribution in [1.82, 2.24) is 18.4 Å². The van der Waals surface area contributed by atoms with Gasteiger partial charge in [-0.05, 0) is 31.7 Å². The summed E-state index contributed by atoms with van der Waals surface area (Å²) in [7, 11) is -1.46. The number of nitrogens with zero attached hydrogens (tertiary/aromatic N) is 4. The number of benzene rings is 1. The molecule has 0 bridgehead atoms. The van der Waals surface area contributed by atoms with Crippen LogP contribution in [0.25, 0.3) is 0 Å². The molecule has 2 N–H and O–H groups in total. The molecular formula is C17H28ClN5O3S. The van der Waals surface area contributed by atoms with E-state index in [1.54, 1.807) is 21.3 Å². The number of aryl methyl sites for hydroxylation is 1. The first-order valence-electron chi connectivity index (χ1n) is 8.88. The van der Waals surface area contributed by atoms with Crippen LogP contribution >= 0.6 is 12.4 Å². The van der Waals surface area contributed by atoms with Gasteiger partial charge >= 0.3 is 0 Å². The molecule has 2 aliphatic heterocycles. The molecule has 1 aromatic rings. The van der Waals surface area contributed by atoms with Crippen molar-refractivity contribution in [2.24, 2.45) is 0 Å². The summed E-state index contributed by atoms with van der Waals surface area (Å²) in [6, 6.07) is 5.29. The summed E-state index contributed by atoms with van der Waals surface area (Å²) in [4.78, 5) is 16.6. The zero-order valence-corrected chi connectivity index (χ0v) is 17.4. The summed E-state index contributed by atoms with van der Waals surface area (Å²) in [5, 5.41) is 0. The zero-order valence-electron chi connectivity index (χ0n) is 15.8. The summed E-state index contributed by atoms with van der Waals surface area (Å²) in [6.07, 6.45) is 0. The highest BCUT2D eigenvalue weighted by Gasteiger charge is 2.34. The number of nitrogens with two attached hydrogens (primary N) is 1. The van der Waals surface area contributed by atoms with Crippen molar-refractivity contribution in [3.8, 4) is 0 Å². The van der Waals surface area contributed by atoms with Crippen LogP contribution in [0.1, 0.15) is 15.9 Å². The standard InChI is InChI=1S/C17H27N5O3S.ClH/c1-14-3-4-15(18)13-16(14)17(23)20-7-11-22(12-8-20)26(24,25)21-9-5-19(2)6-10-21;/h3-4,13H,5-12,18H2,1-2H3;1H. The van der Waals surface area contributed by atoms with Crippen molar-refractivity contribution in [1.29, 1.82) is 0 Å². The van der Waals surface area contributed by atoms with Gasteiger partial charge in [-0.1, -0.05) is 6.07 Å². The summed E-state index contributed by atoms with van der Waals surface area (Å²) in [6.45, 7) is 5.81. The van der Waals surface area contributed by atoms with E-state index < -0.39 is 10.2 Å². The number of carbonyl (C=O) groups is 1. The van der Waals surface area contributed by atoms with Crippen molar-refractivity contribution in [3.05, 3.63) is 29.3 Å². The van der Waals surface area contributed by atoms with Gasteiger partial charge in [0.05, 0.1) is 0 Å². The number of carbonyl (C=O) groups excluding carboxylic acids is 1. The van der Waals surface area contributed by atoms with Crippen LogP contribution in [0.4, 0.5) is 5.69 Å². The molecule has 3 rings (SSSR count). The Hall–Kier alpha value is -1.39. The van der Waals surface area contributed by atoms with Crippen molar-refractivity contribution in [2.75, 3.05) is 65.1 Å². The van der Waals surface area contributed by atoms with Gasteiger partial charge in [0, 0.05) is 63.6 Å². The maximum absolute atomic E-state index is 12.8. The average molecular weight is 418 g/mol. The van der Waals surface area contributed by atoms with Crippen molar-refractivity contribution < 1.29 is 13.2 Å². The molecule has 0 spiro atoms. The monoisotopic (exact) mass is 417 g/mol. The molecule has 0 aromatic heterocycles. The van der Waals surface area contributed by atoms with Gasteiger partial charge in [0.1, 0.15) is 0 Å². The summed E-state index contributed by atoms with van der Waals surface area (Å²) in [5.41, 5.74) is 7.81. The van der Waals surface area contributed by atoms with Gasteiger partial charge in [-0.2, -0.15) is 17.0 Å². The number of piperazine rings is 2. The van der Waals surface area contributed by atoms with E-state index in [0.29, 0.717) is 50.5 Å². The van der Waals surface area contributed by atoms with Gasteiger partial charge in [0.25, 0.3) is 16.1 Å². The molecule has 10 heteroatoms. The lowest BCUT2D eigenvalue weighted by atomic mass is 10.1. The minimum absolute atomic E-state index is 0. The Morgan fingerprint density at radius 3 is 2.04 bits per heavy atom. The van der Waals surface area contributed by atoms with Crippen molar-refractivity contribution in [2.45, 2.75) is 6.92 Å². The molecule has 27 heavy (non-hydrogen) atoms. The van der Waals surface area contributed by atoms with Gasteiger partial charge in [0.15, 0.2) is 0 Å². The van der Waals surface area contributed by atoms with Crippen LogP contribution in [0.2, 0.25) is 0 Å². The Labute approximate surface area is 167 Å². The van der Waals surface area contributed by atoms with Gasteiger partial charge in [-0.25, -0.2) is 0 Å². The first-order chi connectivity index (χ1) is 12.3. The zero-order chi connectivity index (χ0) is 18.9.